The number of benzene rings is 3. The van der Waals surface area contributed by atoms with Gasteiger partial charge in [0.15, 0.2) is 11.5 Å². The Morgan fingerprint density at radius 1 is 1.00 bits per heavy atom. The minimum Gasteiger partial charge on any atom is -0.493 e. The lowest BCUT2D eigenvalue weighted by Gasteiger charge is -2.29. The molecule has 0 aromatic heterocycles. The van der Waals surface area contributed by atoms with Crippen molar-refractivity contribution in [1.29, 1.82) is 0 Å². The smallest absolute Gasteiger partial charge is 0.335 e. The van der Waals surface area contributed by atoms with Crippen LogP contribution in [0.1, 0.15) is 35.2 Å². The number of aromatic carboxylic acids is 1. The summed E-state index contributed by atoms with van der Waals surface area (Å²) >= 11 is 0. The molecule has 7 heteroatoms. The minimum atomic E-state index is -1.09. The molecule has 0 spiro atoms. The lowest BCUT2D eigenvalue weighted by atomic mass is 9.96. The normalized spacial score (nSPS) is 13.3. The van der Waals surface area contributed by atoms with Gasteiger partial charge in [-0.1, -0.05) is 12.1 Å². The van der Waals surface area contributed by atoms with Gasteiger partial charge in [-0.25, -0.2) is 13.6 Å². The summed E-state index contributed by atoms with van der Waals surface area (Å²) in [6.45, 7) is -0.142. The van der Waals surface area contributed by atoms with Crippen molar-refractivity contribution in [1.82, 2.24) is 0 Å². The molecule has 0 amide bonds. The number of carboxylic acid groups (broad SMARTS) is 1. The summed E-state index contributed by atoms with van der Waals surface area (Å²) in [6, 6.07) is 15.2. The zero-order valence-electron chi connectivity index (χ0n) is 17.6. The van der Waals surface area contributed by atoms with Gasteiger partial charge in [0.05, 0.1) is 25.3 Å². The quantitative estimate of drug-likeness (QED) is 0.471. The third-order valence-corrected chi connectivity index (χ3v) is 5.59. The minimum absolute atomic E-state index is 0.0703. The predicted molar refractivity (Wildman–Crippen MR) is 117 cm³/mol. The molecule has 1 aliphatic rings. The Morgan fingerprint density at radius 3 is 2.31 bits per heavy atom. The first-order chi connectivity index (χ1) is 15.5. The van der Waals surface area contributed by atoms with Crippen LogP contribution in [0, 0.1) is 11.6 Å². The molecule has 0 aliphatic heterocycles. The Bertz CT molecular complexity index is 1110. The van der Waals surface area contributed by atoms with E-state index in [0.717, 1.165) is 19.3 Å². The number of nitrogens with zero attached hydrogens (tertiary/aromatic N) is 1. The average Bonchev–Trinajstić information content (AvgIpc) is 2.76. The lowest BCUT2D eigenvalue weighted by molar-refractivity contribution is 0.0697. The molecule has 1 N–H and O–H groups in total. The maximum atomic E-state index is 14.5. The molecule has 3 aromatic rings. The highest BCUT2D eigenvalue weighted by atomic mass is 19.1. The molecule has 1 aliphatic carbocycles. The number of ether oxygens (including phenoxy) is 2. The molecular weight excluding hydrogens is 416 g/mol. The second-order valence-electron chi connectivity index (χ2n) is 7.65. The molecule has 5 nitrogen and oxygen atoms in total. The molecule has 32 heavy (non-hydrogen) atoms. The fourth-order valence-electron chi connectivity index (χ4n) is 3.57. The van der Waals surface area contributed by atoms with Crippen LogP contribution in [0.4, 0.5) is 20.2 Å². The van der Waals surface area contributed by atoms with Gasteiger partial charge in [0.1, 0.15) is 11.6 Å². The summed E-state index contributed by atoms with van der Waals surface area (Å²) < 4.78 is 40.4. The van der Waals surface area contributed by atoms with E-state index < -0.39 is 17.6 Å². The number of hydrogen-bond donors (Lipinski definition) is 1. The van der Waals surface area contributed by atoms with Gasteiger partial charge in [-0.2, -0.15) is 0 Å². The highest BCUT2D eigenvalue weighted by molar-refractivity contribution is 5.89. The van der Waals surface area contributed by atoms with Gasteiger partial charge in [0.2, 0.25) is 0 Å². The average molecular weight is 439 g/mol. The molecule has 1 saturated carbocycles. The number of carboxylic acids is 1. The van der Waals surface area contributed by atoms with E-state index in [2.05, 4.69) is 0 Å². The first-order valence-electron chi connectivity index (χ1n) is 10.3. The van der Waals surface area contributed by atoms with E-state index >= 15 is 0 Å². The summed E-state index contributed by atoms with van der Waals surface area (Å²) in [4.78, 5) is 13.2. The molecule has 0 unspecified atom stereocenters. The van der Waals surface area contributed by atoms with Gasteiger partial charge in [-0.3, -0.25) is 0 Å². The third-order valence-electron chi connectivity index (χ3n) is 5.59. The highest BCUT2D eigenvalue weighted by Gasteiger charge is 2.23. The number of carbonyl (C=O) groups is 1. The van der Waals surface area contributed by atoms with Crippen molar-refractivity contribution in [3.63, 3.8) is 0 Å². The van der Waals surface area contributed by atoms with Crippen molar-refractivity contribution in [2.75, 3.05) is 12.0 Å². The number of rotatable bonds is 8. The van der Waals surface area contributed by atoms with Crippen LogP contribution >= 0.6 is 0 Å². The zero-order valence-corrected chi connectivity index (χ0v) is 17.6. The lowest BCUT2D eigenvalue weighted by Crippen LogP contribution is -2.25. The van der Waals surface area contributed by atoms with Crippen LogP contribution in [-0.4, -0.2) is 24.3 Å². The van der Waals surface area contributed by atoms with Crippen molar-refractivity contribution in [3.05, 3.63) is 83.4 Å². The standard InChI is InChI=1S/C25H23F2NO4/c1-31-23-12-11-18(14-24(23)32-19-7-3-8-19)28(15-20-21(26)9-4-10-22(20)27)17-6-2-5-16(13-17)25(29)30/h2,4-6,9-14,19H,3,7-8,15H2,1H3,(H,29,30). The second-order valence-corrected chi connectivity index (χ2v) is 7.65. The zero-order chi connectivity index (χ0) is 22.7. The van der Waals surface area contributed by atoms with Crippen LogP contribution in [0.15, 0.2) is 60.7 Å². The summed E-state index contributed by atoms with van der Waals surface area (Å²) in [6.07, 6.45) is 3.12. The molecule has 0 radical (unpaired) electrons. The van der Waals surface area contributed by atoms with E-state index in [9.17, 15) is 18.7 Å². The van der Waals surface area contributed by atoms with E-state index in [-0.39, 0.29) is 23.8 Å². The SMILES string of the molecule is COc1ccc(N(Cc2c(F)cccc2F)c2cccc(C(=O)O)c2)cc1OC1CCC1. The van der Waals surface area contributed by atoms with E-state index in [4.69, 9.17) is 9.47 Å². The fraction of sp³-hybridized carbons (Fsp3) is 0.240. The van der Waals surface area contributed by atoms with Gasteiger partial charge < -0.3 is 19.5 Å². The number of halogens is 2. The highest BCUT2D eigenvalue weighted by Crippen LogP contribution is 2.38. The van der Waals surface area contributed by atoms with Crippen molar-refractivity contribution in [3.8, 4) is 11.5 Å². The van der Waals surface area contributed by atoms with Crippen molar-refractivity contribution < 1.29 is 28.2 Å². The summed E-state index contributed by atoms with van der Waals surface area (Å²) in [5.41, 5.74) is 1.02. The predicted octanol–water partition coefficient (Wildman–Crippen LogP) is 5.94. The van der Waals surface area contributed by atoms with E-state index in [0.29, 0.717) is 22.9 Å². The molecule has 0 heterocycles. The van der Waals surface area contributed by atoms with Crippen LogP contribution in [0.5, 0.6) is 11.5 Å². The van der Waals surface area contributed by atoms with Crippen LogP contribution in [0.3, 0.4) is 0 Å². The molecule has 4 rings (SSSR count). The Kier molecular flexibility index (Phi) is 6.25. The largest absolute Gasteiger partial charge is 0.493 e. The molecule has 3 aromatic carbocycles. The molecular formula is C25H23F2NO4. The van der Waals surface area contributed by atoms with E-state index in [1.165, 1.54) is 30.3 Å². The maximum absolute atomic E-state index is 14.5. The second kappa shape index (κ2) is 9.26. The van der Waals surface area contributed by atoms with Crippen molar-refractivity contribution >= 4 is 17.3 Å². The Balaban J connectivity index is 1.79. The molecule has 1 fully saturated rings. The third kappa shape index (κ3) is 4.51. The van der Waals surface area contributed by atoms with E-state index in [1.54, 1.807) is 42.3 Å². The van der Waals surface area contributed by atoms with Crippen molar-refractivity contribution in [2.24, 2.45) is 0 Å². The molecule has 0 atom stereocenters. The van der Waals surface area contributed by atoms with Gasteiger partial charge >= 0.3 is 5.97 Å². The number of hydrogen-bond acceptors (Lipinski definition) is 4. The van der Waals surface area contributed by atoms with Gasteiger partial charge in [0.25, 0.3) is 0 Å². The summed E-state index contributed by atoms with van der Waals surface area (Å²) in [5, 5.41) is 9.41. The monoisotopic (exact) mass is 439 g/mol. The summed E-state index contributed by atoms with van der Waals surface area (Å²) in [5.74, 6) is -1.36. The number of anilines is 2. The topological polar surface area (TPSA) is 59.0 Å². The molecule has 0 saturated heterocycles. The maximum Gasteiger partial charge on any atom is 0.335 e. The molecule has 0 bridgehead atoms. The first-order valence-corrected chi connectivity index (χ1v) is 10.3. The first kappa shape index (κ1) is 21.6. The Labute approximate surface area is 184 Å². The fourth-order valence-corrected chi connectivity index (χ4v) is 3.57. The van der Waals surface area contributed by atoms with Crippen LogP contribution < -0.4 is 14.4 Å². The van der Waals surface area contributed by atoms with Crippen molar-refractivity contribution in [2.45, 2.75) is 31.9 Å². The number of methoxy groups -OCH3 is 1. The molecule has 166 valence electrons. The van der Waals surface area contributed by atoms with Gasteiger partial charge in [-0.15, -0.1) is 0 Å². The summed E-state index contributed by atoms with van der Waals surface area (Å²) in [7, 11) is 1.55. The van der Waals surface area contributed by atoms with Crippen LogP contribution in [-0.2, 0) is 6.54 Å². The van der Waals surface area contributed by atoms with Crippen LogP contribution in [0.2, 0.25) is 0 Å². The van der Waals surface area contributed by atoms with E-state index in [1.807, 2.05) is 0 Å². The Morgan fingerprint density at radius 2 is 1.69 bits per heavy atom. The van der Waals surface area contributed by atoms with Gasteiger partial charge in [-0.05, 0) is 61.7 Å². The Hall–Kier alpha value is -3.61. The van der Waals surface area contributed by atoms with Crippen LogP contribution in [0.25, 0.3) is 0 Å². The van der Waals surface area contributed by atoms with Gasteiger partial charge in [0, 0.05) is 23.0 Å².